The fourth-order valence-corrected chi connectivity index (χ4v) is 5.09. The monoisotopic (exact) mass is 613 g/mol. The summed E-state index contributed by atoms with van der Waals surface area (Å²) in [6, 6.07) is 27.3. The summed E-state index contributed by atoms with van der Waals surface area (Å²) in [7, 11) is 0. The van der Waals surface area contributed by atoms with Crippen molar-refractivity contribution in [2.75, 3.05) is 10.6 Å². The van der Waals surface area contributed by atoms with Crippen LogP contribution in [-0.2, 0) is 9.59 Å². The molecule has 0 bridgehead atoms. The molecule has 4 aromatic carbocycles. The summed E-state index contributed by atoms with van der Waals surface area (Å²) < 4.78 is 0. The molecule has 0 aliphatic heterocycles. The lowest BCUT2D eigenvalue weighted by molar-refractivity contribution is -0.115. The Morgan fingerprint density at radius 2 is 1.53 bits per heavy atom. The summed E-state index contributed by atoms with van der Waals surface area (Å²) in [6.45, 7) is 3.62. The molecule has 0 heterocycles. The molecule has 10 heteroatoms. The zero-order valence-corrected chi connectivity index (χ0v) is 24.8. The molecule has 0 aliphatic carbocycles. The lowest BCUT2D eigenvalue weighted by atomic mass is 10.1. The van der Waals surface area contributed by atoms with Crippen molar-refractivity contribution < 1.29 is 24.3 Å². The van der Waals surface area contributed by atoms with Gasteiger partial charge in [0.15, 0.2) is 0 Å². The minimum atomic E-state index is -1.20. The first-order chi connectivity index (χ1) is 20.6. The van der Waals surface area contributed by atoms with Gasteiger partial charge in [0.25, 0.3) is 11.8 Å². The van der Waals surface area contributed by atoms with Crippen molar-refractivity contribution in [1.82, 2.24) is 5.32 Å². The summed E-state index contributed by atoms with van der Waals surface area (Å²) in [5, 5.41) is 17.1. The number of aryl methyl sites for hydroxylation is 1. The molecule has 0 fully saturated rings. The Bertz CT molecular complexity index is 1710. The van der Waals surface area contributed by atoms with Crippen molar-refractivity contribution in [2.24, 2.45) is 0 Å². The molecule has 1 atom stereocenters. The van der Waals surface area contributed by atoms with Crippen molar-refractivity contribution in [1.29, 1.82) is 0 Å². The SMILES string of the molecule is Cc1ccccc1/C=C(\NC(=O)c1ccccc1)C(=O)Nc1cccc(SC(C)C(=O)Nc2ccc(Cl)c(C(=O)O)c2)c1. The molecule has 0 saturated heterocycles. The number of carbonyl (C=O) groups is 4. The van der Waals surface area contributed by atoms with Crippen molar-refractivity contribution in [3.63, 3.8) is 0 Å². The summed E-state index contributed by atoms with van der Waals surface area (Å²) >= 11 is 7.17. The number of thioether (sulfide) groups is 1. The Kier molecular flexibility index (Phi) is 10.4. The lowest BCUT2D eigenvalue weighted by Crippen LogP contribution is -2.30. The summed E-state index contributed by atoms with van der Waals surface area (Å²) in [4.78, 5) is 51.2. The van der Waals surface area contributed by atoms with E-state index in [9.17, 15) is 24.3 Å². The number of anilines is 2. The smallest absolute Gasteiger partial charge is 0.337 e. The fraction of sp³-hybridized carbons (Fsp3) is 0.0909. The average Bonchev–Trinajstić information content (AvgIpc) is 2.99. The predicted octanol–water partition coefficient (Wildman–Crippen LogP) is 6.88. The second-order valence-corrected chi connectivity index (χ2v) is 11.3. The number of carbonyl (C=O) groups excluding carboxylic acids is 3. The standard InChI is InChI=1S/C33H28ClN3O5S/c1-20-9-6-7-12-23(20)17-29(37-31(39)22-10-4-3-5-11-22)32(40)36-24-13-8-14-26(18-24)43-21(2)30(38)35-25-15-16-28(34)27(19-25)33(41)42/h3-19,21H,1-2H3,(H,35,38)(H,36,40)(H,37,39)(H,41,42)/b29-17-. The first kappa shape index (κ1) is 31.1. The van der Waals surface area contributed by atoms with E-state index >= 15 is 0 Å². The highest BCUT2D eigenvalue weighted by Gasteiger charge is 2.18. The topological polar surface area (TPSA) is 125 Å². The van der Waals surface area contributed by atoms with Crippen molar-refractivity contribution in [2.45, 2.75) is 24.0 Å². The van der Waals surface area contributed by atoms with Crippen LogP contribution in [0.2, 0.25) is 5.02 Å². The van der Waals surface area contributed by atoms with Gasteiger partial charge in [0, 0.05) is 21.8 Å². The number of benzene rings is 4. The van der Waals surface area contributed by atoms with Crippen molar-refractivity contribution in [3.05, 3.63) is 130 Å². The third kappa shape index (κ3) is 8.57. The molecule has 4 rings (SSSR count). The Morgan fingerprint density at radius 1 is 0.837 bits per heavy atom. The summed E-state index contributed by atoms with van der Waals surface area (Å²) in [5.74, 6) is -2.47. The number of nitrogens with one attached hydrogen (secondary N) is 3. The van der Waals surface area contributed by atoms with E-state index in [2.05, 4.69) is 16.0 Å². The Balaban J connectivity index is 1.48. The number of hydrogen-bond donors (Lipinski definition) is 4. The third-order valence-electron chi connectivity index (χ3n) is 6.26. The van der Waals surface area contributed by atoms with Gasteiger partial charge >= 0.3 is 5.97 Å². The van der Waals surface area contributed by atoms with E-state index in [-0.39, 0.29) is 22.2 Å². The van der Waals surface area contributed by atoms with E-state index < -0.39 is 23.0 Å². The van der Waals surface area contributed by atoms with Crippen LogP contribution in [0, 0.1) is 6.92 Å². The molecule has 0 saturated carbocycles. The van der Waals surface area contributed by atoms with Crippen LogP contribution in [0.3, 0.4) is 0 Å². The highest BCUT2D eigenvalue weighted by atomic mass is 35.5. The van der Waals surface area contributed by atoms with Crippen LogP contribution >= 0.6 is 23.4 Å². The largest absolute Gasteiger partial charge is 0.478 e. The van der Waals surface area contributed by atoms with E-state index in [1.165, 1.54) is 30.0 Å². The second kappa shape index (κ2) is 14.4. The highest BCUT2D eigenvalue weighted by Crippen LogP contribution is 2.28. The maximum Gasteiger partial charge on any atom is 0.337 e. The third-order valence-corrected chi connectivity index (χ3v) is 7.68. The van der Waals surface area contributed by atoms with E-state index in [4.69, 9.17) is 11.6 Å². The first-order valence-electron chi connectivity index (χ1n) is 13.2. The van der Waals surface area contributed by atoms with Crippen LogP contribution in [0.5, 0.6) is 0 Å². The van der Waals surface area contributed by atoms with Gasteiger partial charge in [-0.15, -0.1) is 11.8 Å². The first-order valence-corrected chi connectivity index (χ1v) is 14.4. The zero-order chi connectivity index (χ0) is 30.9. The normalized spacial score (nSPS) is 11.7. The van der Waals surface area contributed by atoms with Gasteiger partial charge in [-0.2, -0.15) is 0 Å². The molecule has 0 aliphatic rings. The van der Waals surface area contributed by atoms with Gasteiger partial charge in [-0.25, -0.2) is 4.79 Å². The number of carboxylic acid groups (broad SMARTS) is 1. The minimum absolute atomic E-state index is 0.0673. The van der Waals surface area contributed by atoms with E-state index in [0.29, 0.717) is 21.8 Å². The van der Waals surface area contributed by atoms with Gasteiger partial charge < -0.3 is 21.1 Å². The molecular formula is C33H28ClN3O5S. The lowest BCUT2D eigenvalue weighted by Gasteiger charge is -2.15. The molecule has 4 aromatic rings. The fourth-order valence-electron chi connectivity index (χ4n) is 3.96. The Morgan fingerprint density at radius 3 is 2.26 bits per heavy atom. The quantitative estimate of drug-likeness (QED) is 0.114. The van der Waals surface area contributed by atoms with Gasteiger partial charge in [0.1, 0.15) is 5.70 Å². The van der Waals surface area contributed by atoms with Gasteiger partial charge in [-0.1, -0.05) is 60.1 Å². The Labute approximate surface area is 258 Å². The number of carboxylic acids is 1. The zero-order valence-electron chi connectivity index (χ0n) is 23.3. The predicted molar refractivity (Wildman–Crippen MR) is 170 cm³/mol. The van der Waals surface area contributed by atoms with E-state index in [1.807, 2.05) is 31.2 Å². The number of halogens is 1. The van der Waals surface area contributed by atoms with Gasteiger partial charge in [0.2, 0.25) is 5.91 Å². The van der Waals surface area contributed by atoms with Crippen molar-refractivity contribution >= 4 is 64.5 Å². The molecule has 0 aromatic heterocycles. The van der Waals surface area contributed by atoms with E-state index in [1.54, 1.807) is 67.6 Å². The number of aromatic carboxylic acids is 1. The van der Waals surface area contributed by atoms with Crippen LogP contribution in [0.4, 0.5) is 11.4 Å². The number of amides is 3. The molecule has 4 N–H and O–H groups in total. The van der Waals surface area contributed by atoms with E-state index in [0.717, 1.165) is 11.1 Å². The molecule has 3 amide bonds. The van der Waals surface area contributed by atoms with Gasteiger partial charge in [-0.3, -0.25) is 14.4 Å². The molecule has 8 nitrogen and oxygen atoms in total. The highest BCUT2D eigenvalue weighted by molar-refractivity contribution is 8.00. The molecule has 1 unspecified atom stereocenters. The van der Waals surface area contributed by atoms with Gasteiger partial charge in [0.05, 0.1) is 15.8 Å². The van der Waals surface area contributed by atoms with Crippen LogP contribution in [0.15, 0.2) is 108 Å². The minimum Gasteiger partial charge on any atom is -0.478 e. The number of rotatable bonds is 10. The molecule has 43 heavy (non-hydrogen) atoms. The van der Waals surface area contributed by atoms with Crippen LogP contribution in [0.1, 0.15) is 38.8 Å². The number of hydrogen-bond acceptors (Lipinski definition) is 5. The summed E-state index contributed by atoms with van der Waals surface area (Å²) in [5.41, 5.74) is 2.86. The maximum absolute atomic E-state index is 13.4. The van der Waals surface area contributed by atoms with Crippen LogP contribution < -0.4 is 16.0 Å². The van der Waals surface area contributed by atoms with Crippen LogP contribution in [-0.4, -0.2) is 34.0 Å². The van der Waals surface area contributed by atoms with Crippen molar-refractivity contribution in [3.8, 4) is 0 Å². The molecule has 0 spiro atoms. The Hall–Kier alpha value is -4.86. The second-order valence-electron chi connectivity index (χ2n) is 9.47. The maximum atomic E-state index is 13.4. The molecule has 218 valence electrons. The molecule has 0 radical (unpaired) electrons. The summed E-state index contributed by atoms with van der Waals surface area (Å²) in [6.07, 6.45) is 1.63. The van der Waals surface area contributed by atoms with Gasteiger partial charge in [-0.05, 0) is 79.6 Å². The van der Waals surface area contributed by atoms with Crippen LogP contribution in [0.25, 0.3) is 6.08 Å². The molecular weight excluding hydrogens is 586 g/mol. The average molecular weight is 614 g/mol.